The predicted molar refractivity (Wildman–Crippen MR) is 96.4 cm³/mol. The maximum Gasteiger partial charge on any atom is 0.0759 e. The molecule has 5 rings (SSSR count). The maximum atomic E-state index is 6.14. The summed E-state index contributed by atoms with van der Waals surface area (Å²) < 4.78 is 0. The van der Waals surface area contributed by atoms with Crippen LogP contribution in [0.1, 0.15) is 44.1 Å². The zero-order valence-corrected chi connectivity index (χ0v) is 14.7. The van der Waals surface area contributed by atoms with Crippen LogP contribution < -0.4 is 5.32 Å². The Kier molecular flexibility index (Phi) is 3.73. The number of halogens is 1. The predicted octanol–water partition coefficient (Wildman–Crippen LogP) is 4.97. The molecule has 4 aliphatic rings. The van der Waals surface area contributed by atoms with Crippen molar-refractivity contribution < 1.29 is 0 Å². The second-order valence-electron chi connectivity index (χ2n) is 7.70. The van der Waals surface area contributed by atoms with Gasteiger partial charge in [-0.3, -0.25) is 0 Å². The summed E-state index contributed by atoms with van der Waals surface area (Å²) >= 11 is 11.8. The average molecular weight is 334 g/mol. The van der Waals surface area contributed by atoms with Gasteiger partial charge in [0.25, 0.3) is 0 Å². The number of thiocarbonyl (C=S) groups is 1. The molecule has 4 aliphatic carbocycles. The van der Waals surface area contributed by atoms with E-state index in [1.165, 1.54) is 37.7 Å². The topological polar surface area (TPSA) is 12.0 Å². The third kappa shape index (κ3) is 2.22. The van der Waals surface area contributed by atoms with Crippen LogP contribution in [0.5, 0.6) is 0 Å². The fourth-order valence-electron chi connectivity index (χ4n) is 6.00. The Bertz CT molecular complexity index is 552. The third-order valence-electron chi connectivity index (χ3n) is 6.71. The summed E-state index contributed by atoms with van der Waals surface area (Å²) in [6.07, 6.45) is 8.11. The second-order valence-corrected chi connectivity index (χ2v) is 8.63. The molecule has 3 heteroatoms. The van der Waals surface area contributed by atoms with Gasteiger partial charge in [0.15, 0.2) is 0 Å². The van der Waals surface area contributed by atoms with E-state index in [9.17, 15) is 0 Å². The zero-order chi connectivity index (χ0) is 15.3. The molecule has 0 saturated heterocycles. The van der Waals surface area contributed by atoms with Crippen LogP contribution in [-0.4, -0.2) is 12.0 Å². The van der Waals surface area contributed by atoms with Crippen molar-refractivity contribution in [2.24, 2.45) is 23.7 Å². The van der Waals surface area contributed by atoms with Crippen molar-refractivity contribution >= 4 is 28.8 Å². The summed E-state index contributed by atoms with van der Waals surface area (Å²) in [5, 5.41) is 4.07. The summed E-state index contributed by atoms with van der Waals surface area (Å²) in [5.41, 5.74) is 1.72. The quantitative estimate of drug-likeness (QED) is 0.784. The molecule has 0 aromatic heterocycles. The molecule has 0 atom stereocenters. The Balaban J connectivity index is 1.78. The Morgan fingerprint density at radius 2 is 1.64 bits per heavy atom. The Hall–Kier alpha value is -0.600. The highest BCUT2D eigenvalue weighted by Gasteiger charge is 2.57. The number of rotatable bonds is 3. The lowest BCUT2D eigenvalue weighted by Crippen LogP contribution is -2.56. The fourth-order valence-corrected chi connectivity index (χ4v) is 6.37. The smallest absolute Gasteiger partial charge is 0.0759 e. The minimum atomic E-state index is 0.248. The van der Waals surface area contributed by atoms with Gasteiger partial charge in [-0.2, -0.15) is 0 Å². The van der Waals surface area contributed by atoms with Crippen LogP contribution in [0.4, 0.5) is 0 Å². The third-order valence-corrected chi connectivity index (χ3v) is 7.31. The highest BCUT2D eigenvalue weighted by atomic mass is 35.5. The molecule has 1 aromatic carbocycles. The van der Waals surface area contributed by atoms with E-state index >= 15 is 0 Å². The molecular formula is C19H24ClNS. The monoisotopic (exact) mass is 333 g/mol. The van der Waals surface area contributed by atoms with E-state index in [1.807, 2.05) is 7.05 Å². The van der Waals surface area contributed by atoms with Gasteiger partial charge < -0.3 is 5.32 Å². The summed E-state index contributed by atoms with van der Waals surface area (Å²) in [4.78, 5) is 1.02. The van der Waals surface area contributed by atoms with Crippen molar-refractivity contribution in [3.8, 4) is 0 Å². The highest BCUT2D eigenvalue weighted by Crippen LogP contribution is 2.64. The first-order valence-corrected chi connectivity index (χ1v) is 9.37. The number of hydrogen-bond acceptors (Lipinski definition) is 1. The molecule has 1 N–H and O–H groups in total. The van der Waals surface area contributed by atoms with Crippen molar-refractivity contribution in [2.75, 3.05) is 7.05 Å². The van der Waals surface area contributed by atoms with Crippen LogP contribution >= 0.6 is 23.8 Å². The van der Waals surface area contributed by atoms with Crippen LogP contribution in [0.2, 0.25) is 5.02 Å². The molecule has 118 valence electrons. The lowest BCUT2D eigenvalue weighted by molar-refractivity contribution is -0.0579. The van der Waals surface area contributed by atoms with Gasteiger partial charge in [-0.15, -0.1) is 0 Å². The zero-order valence-electron chi connectivity index (χ0n) is 13.1. The fraction of sp³-hybridized carbons (Fsp3) is 0.632. The van der Waals surface area contributed by atoms with Gasteiger partial charge in [0, 0.05) is 23.9 Å². The van der Waals surface area contributed by atoms with E-state index < -0.39 is 0 Å². The van der Waals surface area contributed by atoms with Crippen molar-refractivity contribution in [2.45, 2.75) is 43.9 Å². The second kappa shape index (κ2) is 5.49. The van der Waals surface area contributed by atoms with Gasteiger partial charge in [0.05, 0.1) is 4.99 Å². The molecule has 22 heavy (non-hydrogen) atoms. The minimum absolute atomic E-state index is 0.248. The van der Waals surface area contributed by atoms with Gasteiger partial charge in [0.1, 0.15) is 0 Å². The molecular weight excluding hydrogens is 310 g/mol. The molecule has 0 radical (unpaired) electrons. The Morgan fingerprint density at radius 1 is 1.09 bits per heavy atom. The van der Waals surface area contributed by atoms with Gasteiger partial charge >= 0.3 is 0 Å². The van der Waals surface area contributed by atoms with Gasteiger partial charge in [-0.05, 0) is 73.5 Å². The van der Waals surface area contributed by atoms with Crippen molar-refractivity contribution in [3.63, 3.8) is 0 Å². The van der Waals surface area contributed by atoms with Gasteiger partial charge in [0.2, 0.25) is 0 Å². The van der Waals surface area contributed by atoms with Crippen molar-refractivity contribution in [1.82, 2.24) is 5.32 Å². The summed E-state index contributed by atoms with van der Waals surface area (Å²) in [6, 6.07) is 8.66. The number of nitrogens with one attached hydrogen (secondary N) is 1. The van der Waals surface area contributed by atoms with Gasteiger partial charge in [-0.25, -0.2) is 0 Å². The molecule has 4 saturated carbocycles. The van der Waals surface area contributed by atoms with Crippen LogP contribution in [0.25, 0.3) is 0 Å². The first kappa shape index (κ1) is 15.0. The SMILES string of the molecule is CNC(=S)CC1(c2ccc(Cl)cc2)C2CC3CC(C2)CC1C3. The normalized spacial score (nSPS) is 39.0. The molecule has 0 heterocycles. The molecule has 0 aliphatic heterocycles. The lowest BCUT2D eigenvalue weighted by Gasteiger charge is -2.62. The van der Waals surface area contributed by atoms with Crippen molar-refractivity contribution in [3.05, 3.63) is 34.9 Å². The van der Waals surface area contributed by atoms with E-state index in [1.54, 1.807) is 0 Å². The molecule has 0 amide bonds. The minimum Gasteiger partial charge on any atom is -0.383 e. The molecule has 0 unspecified atom stereocenters. The maximum absolute atomic E-state index is 6.14. The largest absolute Gasteiger partial charge is 0.383 e. The first-order valence-electron chi connectivity index (χ1n) is 8.58. The van der Waals surface area contributed by atoms with E-state index in [0.717, 1.165) is 40.1 Å². The molecule has 1 nitrogen and oxygen atoms in total. The van der Waals surface area contributed by atoms with E-state index in [-0.39, 0.29) is 5.41 Å². The molecule has 0 spiro atoms. The standard InChI is InChI=1S/C19H24ClNS/c1-21-18(22)11-19(14-2-4-17(20)5-3-14)15-7-12-6-13(9-15)10-16(19)8-12/h2-5,12-13,15-16H,6-11H2,1H3,(H,21,22). The molecule has 1 aromatic rings. The first-order chi connectivity index (χ1) is 10.6. The lowest BCUT2D eigenvalue weighted by atomic mass is 9.43. The van der Waals surface area contributed by atoms with Crippen LogP contribution in [-0.2, 0) is 5.41 Å². The Morgan fingerprint density at radius 3 is 2.14 bits per heavy atom. The van der Waals surface area contributed by atoms with E-state index in [0.29, 0.717) is 0 Å². The molecule has 4 bridgehead atoms. The Labute approximate surface area is 143 Å². The average Bonchev–Trinajstić information content (AvgIpc) is 2.51. The van der Waals surface area contributed by atoms with Gasteiger partial charge in [-0.1, -0.05) is 36.0 Å². The van der Waals surface area contributed by atoms with Crippen LogP contribution in [0, 0.1) is 23.7 Å². The highest BCUT2D eigenvalue weighted by molar-refractivity contribution is 7.80. The van der Waals surface area contributed by atoms with Crippen molar-refractivity contribution in [1.29, 1.82) is 0 Å². The summed E-state index contributed by atoms with van der Waals surface area (Å²) in [6.45, 7) is 0. The van der Waals surface area contributed by atoms with Crippen LogP contribution in [0.3, 0.4) is 0 Å². The van der Waals surface area contributed by atoms with Crippen LogP contribution in [0.15, 0.2) is 24.3 Å². The van der Waals surface area contributed by atoms with E-state index in [4.69, 9.17) is 23.8 Å². The molecule has 4 fully saturated rings. The van der Waals surface area contributed by atoms with E-state index in [2.05, 4.69) is 29.6 Å². The number of hydrogen-bond donors (Lipinski definition) is 1. The summed E-state index contributed by atoms with van der Waals surface area (Å²) in [5.74, 6) is 3.56. The number of benzene rings is 1. The summed E-state index contributed by atoms with van der Waals surface area (Å²) in [7, 11) is 1.97.